The number of ketones is 2. The third-order valence-electron chi connectivity index (χ3n) is 6.34. The number of carbonyl (C=O) groups excluding carboxylic acids is 2. The lowest BCUT2D eigenvalue weighted by Gasteiger charge is -2.19. The van der Waals surface area contributed by atoms with Crippen molar-refractivity contribution < 1.29 is 9.59 Å². The minimum absolute atomic E-state index is 0.127. The van der Waals surface area contributed by atoms with Crippen LogP contribution in [0.2, 0.25) is 5.02 Å². The summed E-state index contributed by atoms with van der Waals surface area (Å²) in [7, 11) is 0. The first-order valence-corrected chi connectivity index (χ1v) is 10.4. The monoisotopic (exact) mass is 420 g/mol. The smallest absolute Gasteiger partial charge is 0.195 e. The van der Waals surface area contributed by atoms with E-state index in [0.29, 0.717) is 27.3 Å². The Bertz CT molecular complexity index is 1790. The SMILES string of the molecule is O=C1c2ccccc2C(=O)c2c1c1c3ccccc3[nH]c1c1[nH]c3ccc(Cl)cc3c21. The first-order chi connectivity index (χ1) is 15.1. The fourth-order valence-electron chi connectivity index (χ4n) is 5.05. The number of rotatable bonds is 0. The van der Waals surface area contributed by atoms with Crippen molar-refractivity contribution in [3.63, 3.8) is 0 Å². The zero-order chi connectivity index (χ0) is 20.9. The van der Waals surface area contributed by atoms with Crippen LogP contribution in [0, 0.1) is 0 Å². The second kappa shape index (κ2) is 5.62. The number of hydrogen-bond acceptors (Lipinski definition) is 2. The molecule has 4 aromatic carbocycles. The normalized spacial score (nSPS) is 13.5. The van der Waals surface area contributed by atoms with E-state index in [1.807, 2.05) is 42.5 Å². The minimum atomic E-state index is -0.136. The molecule has 0 atom stereocenters. The van der Waals surface area contributed by atoms with Crippen molar-refractivity contribution >= 4 is 66.8 Å². The molecule has 1 aliphatic carbocycles. The van der Waals surface area contributed by atoms with Gasteiger partial charge in [0.05, 0.1) is 11.0 Å². The quantitative estimate of drug-likeness (QED) is 0.299. The molecule has 6 aromatic rings. The van der Waals surface area contributed by atoms with E-state index in [0.717, 1.165) is 43.6 Å². The van der Waals surface area contributed by atoms with Crippen molar-refractivity contribution in [2.75, 3.05) is 0 Å². The summed E-state index contributed by atoms with van der Waals surface area (Å²) in [6.45, 7) is 0. The molecule has 0 saturated heterocycles. The van der Waals surface area contributed by atoms with Crippen molar-refractivity contribution in [2.24, 2.45) is 0 Å². The molecule has 7 rings (SSSR count). The van der Waals surface area contributed by atoms with Gasteiger partial charge >= 0.3 is 0 Å². The molecule has 2 N–H and O–H groups in total. The number of benzene rings is 4. The number of halogens is 1. The van der Waals surface area contributed by atoms with Gasteiger partial charge in [0.2, 0.25) is 0 Å². The van der Waals surface area contributed by atoms with Crippen LogP contribution in [0.25, 0.3) is 43.6 Å². The van der Waals surface area contributed by atoms with Gasteiger partial charge in [0.1, 0.15) is 0 Å². The van der Waals surface area contributed by atoms with Gasteiger partial charge in [-0.3, -0.25) is 9.59 Å². The first-order valence-electron chi connectivity index (χ1n) is 9.99. The summed E-state index contributed by atoms with van der Waals surface area (Å²) in [6, 6.07) is 20.5. The van der Waals surface area contributed by atoms with E-state index >= 15 is 0 Å². The molecule has 0 aliphatic heterocycles. The van der Waals surface area contributed by atoms with Crippen LogP contribution in [0.4, 0.5) is 0 Å². The van der Waals surface area contributed by atoms with E-state index in [1.54, 1.807) is 24.3 Å². The Hall–Kier alpha value is -3.89. The van der Waals surface area contributed by atoms with Gasteiger partial charge < -0.3 is 9.97 Å². The first kappa shape index (κ1) is 16.9. The predicted molar refractivity (Wildman–Crippen MR) is 123 cm³/mol. The van der Waals surface area contributed by atoms with E-state index in [1.165, 1.54) is 0 Å². The molecule has 4 nitrogen and oxygen atoms in total. The lowest BCUT2D eigenvalue weighted by atomic mass is 9.80. The number of carbonyl (C=O) groups is 2. The van der Waals surface area contributed by atoms with Crippen LogP contribution in [0.5, 0.6) is 0 Å². The molecule has 0 saturated carbocycles. The predicted octanol–water partition coefficient (Wildman–Crippen LogP) is 6.38. The number of H-pyrrole nitrogens is 2. The van der Waals surface area contributed by atoms with Crippen LogP contribution < -0.4 is 0 Å². The number of aromatic nitrogens is 2. The zero-order valence-electron chi connectivity index (χ0n) is 16.0. The second-order valence-corrected chi connectivity index (χ2v) is 8.38. The van der Waals surface area contributed by atoms with E-state index in [4.69, 9.17) is 11.6 Å². The third kappa shape index (κ3) is 2.00. The lowest BCUT2D eigenvalue weighted by molar-refractivity contribution is 0.0981. The van der Waals surface area contributed by atoms with E-state index < -0.39 is 0 Å². The fourth-order valence-corrected chi connectivity index (χ4v) is 5.23. The van der Waals surface area contributed by atoms with Crippen molar-refractivity contribution in [1.82, 2.24) is 9.97 Å². The molecule has 1 aliphatic rings. The standard InChI is InChI=1S/C26H13ClN2O2/c27-12-9-10-18-16(11-12)20-22-21(25(30)13-5-1-2-6-14(13)26(22)31)19-15-7-3-4-8-17(15)28-23(19)24(20)29-18/h1-11,28-29H. The number of para-hydroxylation sites is 1. The van der Waals surface area contributed by atoms with Crippen LogP contribution in [0.1, 0.15) is 31.8 Å². The van der Waals surface area contributed by atoms with Crippen molar-refractivity contribution in [3.8, 4) is 0 Å². The molecule has 2 heterocycles. The molecular weight excluding hydrogens is 408 g/mol. The van der Waals surface area contributed by atoms with Crippen molar-refractivity contribution in [1.29, 1.82) is 0 Å². The summed E-state index contributed by atoms with van der Waals surface area (Å²) in [4.78, 5) is 34.5. The Morgan fingerprint density at radius 3 is 1.84 bits per heavy atom. The Labute approximate surface area is 180 Å². The van der Waals surface area contributed by atoms with Gasteiger partial charge in [-0.05, 0) is 24.3 Å². The highest BCUT2D eigenvalue weighted by molar-refractivity contribution is 6.42. The molecule has 0 unspecified atom stereocenters. The minimum Gasteiger partial charge on any atom is -0.353 e. The van der Waals surface area contributed by atoms with Crippen LogP contribution in [0.3, 0.4) is 0 Å². The maximum Gasteiger partial charge on any atom is 0.195 e. The molecule has 2 aromatic heterocycles. The van der Waals surface area contributed by atoms with Crippen molar-refractivity contribution in [2.45, 2.75) is 0 Å². The summed E-state index contributed by atoms with van der Waals surface area (Å²) >= 11 is 6.31. The Morgan fingerprint density at radius 2 is 1.16 bits per heavy atom. The Balaban J connectivity index is 1.82. The average Bonchev–Trinajstić information content (AvgIpc) is 3.35. The number of fused-ring (bicyclic) bond motifs is 11. The molecule has 5 heteroatoms. The number of aromatic amines is 2. The third-order valence-corrected chi connectivity index (χ3v) is 6.57. The largest absolute Gasteiger partial charge is 0.353 e. The van der Waals surface area contributed by atoms with E-state index in [9.17, 15) is 9.59 Å². The maximum atomic E-state index is 13.8. The van der Waals surface area contributed by atoms with Gasteiger partial charge in [-0.15, -0.1) is 0 Å². The second-order valence-electron chi connectivity index (χ2n) is 7.94. The van der Waals surface area contributed by atoms with Crippen LogP contribution in [0.15, 0.2) is 66.7 Å². The van der Waals surface area contributed by atoms with Crippen LogP contribution in [-0.4, -0.2) is 21.5 Å². The highest BCUT2D eigenvalue weighted by Gasteiger charge is 2.35. The summed E-state index contributed by atoms with van der Waals surface area (Å²) in [5, 5.41) is 3.85. The van der Waals surface area contributed by atoms with Gasteiger partial charge in [-0.2, -0.15) is 0 Å². The van der Waals surface area contributed by atoms with E-state index in [-0.39, 0.29) is 11.6 Å². The lowest BCUT2D eigenvalue weighted by Crippen LogP contribution is -2.21. The van der Waals surface area contributed by atoms with Gasteiger partial charge in [-0.25, -0.2) is 0 Å². The summed E-state index contributed by atoms with van der Waals surface area (Å²) < 4.78 is 0. The molecule has 0 amide bonds. The highest BCUT2D eigenvalue weighted by Crippen LogP contribution is 2.44. The molecule has 0 radical (unpaired) electrons. The Morgan fingerprint density at radius 1 is 0.613 bits per heavy atom. The van der Waals surface area contributed by atoms with Gasteiger partial charge in [0.25, 0.3) is 0 Å². The summed E-state index contributed by atoms with van der Waals surface area (Å²) in [6.07, 6.45) is 0. The molecule has 0 spiro atoms. The molecular formula is C26H13ClN2O2. The molecule has 0 fully saturated rings. The van der Waals surface area contributed by atoms with E-state index in [2.05, 4.69) is 9.97 Å². The Kier molecular flexibility index (Phi) is 3.06. The number of hydrogen-bond donors (Lipinski definition) is 2. The van der Waals surface area contributed by atoms with Gasteiger partial charge in [0, 0.05) is 59.9 Å². The van der Waals surface area contributed by atoms with Gasteiger partial charge in [-0.1, -0.05) is 54.1 Å². The fraction of sp³-hybridized carbons (Fsp3) is 0. The maximum absolute atomic E-state index is 13.8. The van der Waals surface area contributed by atoms with Crippen LogP contribution >= 0.6 is 11.6 Å². The summed E-state index contributed by atoms with van der Waals surface area (Å²) in [5.74, 6) is -0.263. The topological polar surface area (TPSA) is 65.7 Å². The molecule has 0 bridgehead atoms. The summed E-state index contributed by atoms with van der Waals surface area (Å²) in [5.41, 5.74) is 5.22. The average molecular weight is 421 g/mol. The molecule has 146 valence electrons. The molecule has 31 heavy (non-hydrogen) atoms. The number of nitrogens with one attached hydrogen (secondary N) is 2. The van der Waals surface area contributed by atoms with Gasteiger partial charge in [0.15, 0.2) is 11.6 Å². The van der Waals surface area contributed by atoms with Crippen molar-refractivity contribution in [3.05, 3.63) is 94.0 Å². The highest BCUT2D eigenvalue weighted by atomic mass is 35.5. The zero-order valence-corrected chi connectivity index (χ0v) is 16.8. The van der Waals surface area contributed by atoms with Crippen LogP contribution in [-0.2, 0) is 0 Å².